The topological polar surface area (TPSA) is 79.2 Å². The zero-order valence-corrected chi connectivity index (χ0v) is 18.6. The number of hydrogen-bond donors (Lipinski definition) is 3. The van der Waals surface area contributed by atoms with Crippen LogP contribution in [0.1, 0.15) is 96.8 Å². The van der Waals surface area contributed by atoms with E-state index in [9.17, 15) is 15.3 Å². The molecule has 3 N–H and O–H groups in total. The van der Waals surface area contributed by atoms with Gasteiger partial charge in [0.05, 0.1) is 13.2 Å². The maximum atomic E-state index is 9.83. The van der Waals surface area contributed by atoms with E-state index in [-0.39, 0.29) is 13.2 Å². The van der Waals surface area contributed by atoms with Crippen LogP contribution in [0.5, 0.6) is 0 Å². The van der Waals surface area contributed by atoms with Gasteiger partial charge in [-0.15, -0.1) is 0 Å². The lowest BCUT2D eigenvalue weighted by Gasteiger charge is -2.35. The van der Waals surface area contributed by atoms with Crippen molar-refractivity contribution < 1.29 is 24.8 Å². The van der Waals surface area contributed by atoms with Crippen LogP contribution in [0.4, 0.5) is 0 Å². The molecule has 0 unspecified atom stereocenters. The summed E-state index contributed by atoms with van der Waals surface area (Å²) in [5.74, 6) is 0. The molecule has 0 aromatic carbocycles. The number of allylic oxidation sites excluding steroid dienone is 2. The lowest BCUT2D eigenvalue weighted by Crippen LogP contribution is -2.54. The Kier molecular flexibility index (Phi) is 16.8. The maximum absolute atomic E-state index is 9.83. The largest absolute Gasteiger partial charge is 0.388 e. The Balaban J connectivity index is 1.78. The predicted molar refractivity (Wildman–Crippen MR) is 118 cm³/mol. The third-order valence-electron chi connectivity index (χ3n) is 5.69. The van der Waals surface area contributed by atoms with E-state index in [1.54, 1.807) is 0 Å². The summed E-state index contributed by atoms with van der Waals surface area (Å²) in [6.07, 6.45) is 18.9. The number of rotatable bonds is 18. The van der Waals surface area contributed by atoms with Crippen LogP contribution in [0, 0.1) is 0 Å². The molecule has 1 fully saturated rings. The highest BCUT2D eigenvalue weighted by atomic mass is 16.6. The molecule has 1 aliphatic heterocycles. The zero-order chi connectivity index (χ0) is 21.2. The van der Waals surface area contributed by atoms with E-state index in [1.807, 2.05) is 0 Å². The Hall–Kier alpha value is -0.460. The SMILES string of the molecule is CCCCC/C=C/CCCCCCCCCCCOC[C@@H]1OC[C@@H](O)[C@H](O)[C@H]1O. The number of hydrogen-bond acceptors (Lipinski definition) is 5. The molecule has 0 bridgehead atoms. The van der Waals surface area contributed by atoms with Crippen molar-refractivity contribution in [1.29, 1.82) is 0 Å². The molecule has 0 aromatic rings. The van der Waals surface area contributed by atoms with E-state index in [0.717, 1.165) is 12.8 Å². The standard InChI is InChI=1S/C24H46O5/c1-2-3-4-5-6-7-8-9-10-11-12-13-14-15-16-17-18-28-20-22-24(27)23(26)21(25)19-29-22/h6-7,21-27H,2-5,8-20H2,1H3/b7-6+/t21-,22+,23+,24+/m1/s1. The monoisotopic (exact) mass is 414 g/mol. The second kappa shape index (κ2) is 18.3. The average molecular weight is 415 g/mol. The smallest absolute Gasteiger partial charge is 0.111 e. The van der Waals surface area contributed by atoms with Gasteiger partial charge in [-0.25, -0.2) is 0 Å². The fourth-order valence-corrected chi connectivity index (χ4v) is 3.66. The van der Waals surface area contributed by atoms with Crippen molar-refractivity contribution in [2.24, 2.45) is 0 Å². The van der Waals surface area contributed by atoms with Gasteiger partial charge in [0.25, 0.3) is 0 Å². The van der Waals surface area contributed by atoms with Crippen molar-refractivity contribution in [3.63, 3.8) is 0 Å². The first-order valence-electron chi connectivity index (χ1n) is 12.0. The van der Waals surface area contributed by atoms with E-state index in [0.29, 0.717) is 6.61 Å². The van der Waals surface area contributed by atoms with Crippen molar-refractivity contribution in [2.45, 2.75) is 121 Å². The Labute approximate surface area is 178 Å². The highest BCUT2D eigenvalue weighted by Crippen LogP contribution is 2.16. The van der Waals surface area contributed by atoms with Crippen LogP contribution in [-0.2, 0) is 9.47 Å². The number of unbranched alkanes of at least 4 members (excludes halogenated alkanes) is 12. The lowest BCUT2D eigenvalue weighted by molar-refractivity contribution is -0.199. The summed E-state index contributed by atoms with van der Waals surface area (Å²) >= 11 is 0. The molecule has 1 saturated heterocycles. The highest BCUT2D eigenvalue weighted by molar-refractivity contribution is 4.86. The van der Waals surface area contributed by atoms with E-state index >= 15 is 0 Å². The first-order valence-corrected chi connectivity index (χ1v) is 12.0. The molecule has 0 aromatic heterocycles. The molecule has 4 atom stereocenters. The van der Waals surface area contributed by atoms with E-state index in [4.69, 9.17) is 9.47 Å². The summed E-state index contributed by atoms with van der Waals surface area (Å²) in [5, 5.41) is 28.9. The van der Waals surface area contributed by atoms with Gasteiger partial charge in [-0.05, 0) is 32.1 Å². The Morgan fingerprint density at radius 2 is 1.31 bits per heavy atom. The highest BCUT2D eigenvalue weighted by Gasteiger charge is 2.37. The van der Waals surface area contributed by atoms with Gasteiger partial charge in [-0.2, -0.15) is 0 Å². The van der Waals surface area contributed by atoms with Crippen molar-refractivity contribution in [2.75, 3.05) is 19.8 Å². The first-order chi connectivity index (χ1) is 14.2. The van der Waals surface area contributed by atoms with Crippen LogP contribution in [-0.4, -0.2) is 59.6 Å². The summed E-state index contributed by atoms with van der Waals surface area (Å²) in [6, 6.07) is 0. The van der Waals surface area contributed by atoms with Gasteiger partial charge in [-0.3, -0.25) is 0 Å². The molecule has 5 heteroatoms. The third-order valence-corrected chi connectivity index (χ3v) is 5.69. The summed E-state index contributed by atoms with van der Waals surface area (Å²) in [7, 11) is 0. The van der Waals surface area contributed by atoms with Crippen LogP contribution < -0.4 is 0 Å². The summed E-state index contributed by atoms with van der Waals surface area (Å²) in [6.45, 7) is 3.21. The van der Waals surface area contributed by atoms with Gasteiger partial charge in [0.2, 0.25) is 0 Å². The first kappa shape index (κ1) is 26.6. The zero-order valence-electron chi connectivity index (χ0n) is 18.6. The van der Waals surface area contributed by atoms with Crippen LogP contribution >= 0.6 is 0 Å². The minimum atomic E-state index is -1.15. The molecule has 29 heavy (non-hydrogen) atoms. The van der Waals surface area contributed by atoms with Gasteiger partial charge in [0.1, 0.15) is 24.4 Å². The summed E-state index contributed by atoms with van der Waals surface area (Å²) < 4.78 is 10.9. The molecule has 1 aliphatic rings. The molecule has 172 valence electrons. The van der Waals surface area contributed by atoms with E-state index in [1.165, 1.54) is 77.0 Å². The Morgan fingerprint density at radius 1 is 0.759 bits per heavy atom. The molecule has 1 rings (SSSR count). The van der Waals surface area contributed by atoms with Gasteiger partial charge >= 0.3 is 0 Å². The van der Waals surface area contributed by atoms with E-state index < -0.39 is 24.4 Å². The molecule has 0 amide bonds. The van der Waals surface area contributed by atoms with Crippen LogP contribution in [0.15, 0.2) is 12.2 Å². The Morgan fingerprint density at radius 3 is 1.93 bits per heavy atom. The molecule has 0 saturated carbocycles. The Bertz CT molecular complexity index is 387. The van der Waals surface area contributed by atoms with E-state index in [2.05, 4.69) is 19.1 Å². The molecule has 0 radical (unpaired) electrons. The van der Waals surface area contributed by atoms with Crippen LogP contribution in [0.3, 0.4) is 0 Å². The summed E-state index contributed by atoms with van der Waals surface area (Å²) in [5.41, 5.74) is 0. The van der Waals surface area contributed by atoms with Crippen LogP contribution in [0.2, 0.25) is 0 Å². The minimum absolute atomic E-state index is 0.0437. The maximum Gasteiger partial charge on any atom is 0.111 e. The van der Waals surface area contributed by atoms with Crippen molar-refractivity contribution >= 4 is 0 Å². The molecule has 5 nitrogen and oxygen atoms in total. The number of aliphatic hydroxyl groups is 3. The van der Waals surface area contributed by atoms with Gasteiger partial charge in [-0.1, -0.05) is 76.9 Å². The molecular formula is C24H46O5. The molecule has 0 spiro atoms. The molecule has 1 heterocycles. The fourth-order valence-electron chi connectivity index (χ4n) is 3.66. The number of ether oxygens (including phenoxy) is 2. The van der Waals surface area contributed by atoms with Gasteiger partial charge < -0.3 is 24.8 Å². The third kappa shape index (κ3) is 13.5. The molecule has 0 aliphatic carbocycles. The minimum Gasteiger partial charge on any atom is -0.388 e. The molecular weight excluding hydrogens is 368 g/mol. The second-order valence-electron chi connectivity index (χ2n) is 8.43. The summed E-state index contributed by atoms with van der Waals surface area (Å²) in [4.78, 5) is 0. The fraction of sp³-hybridized carbons (Fsp3) is 0.917. The second-order valence-corrected chi connectivity index (χ2v) is 8.43. The van der Waals surface area contributed by atoms with Gasteiger partial charge in [0.15, 0.2) is 0 Å². The quantitative estimate of drug-likeness (QED) is 0.227. The van der Waals surface area contributed by atoms with Crippen LogP contribution in [0.25, 0.3) is 0 Å². The average Bonchev–Trinajstić information content (AvgIpc) is 2.72. The number of aliphatic hydroxyl groups excluding tert-OH is 3. The van der Waals surface area contributed by atoms with Crippen molar-refractivity contribution in [3.05, 3.63) is 12.2 Å². The van der Waals surface area contributed by atoms with Gasteiger partial charge in [0, 0.05) is 6.61 Å². The lowest BCUT2D eigenvalue weighted by atomic mass is 10.0. The predicted octanol–water partition coefficient (Wildman–Crippen LogP) is 4.52. The van der Waals surface area contributed by atoms with Crippen molar-refractivity contribution in [3.8, 4) is 0 Å². The van der Waals surface area contributed by atoms with Crippen molar-refractivity contribution in [1.82, 2.24) is 0 Å². The normalized spacial score (nSPS) is 25.1.